The van der Waals surface area contributed by atoms with Crippen LogP contribution in [0, 0.1) is 0 Å². The standard InChI is InChI=1S/C9H9O7P.ClH/c10-4-1-7-14-17(13,15-8-2-5-11)16-9-3-6-12;/h1-3H,7-9H2;1H. The molecule has 0 aromatic carbocycles. The Balaban J connectivity index is 0. The SMILES string of the molecule is Cl.O=C=CCOP(=O)(OCC=C=O)OCC=C=O. The maximum Gasteiger partial charge on any atom is 0.475 e. The lowest BCUT2D eigenvalue weighted by Gasteiger charge is -2.14. The Bertz CT molecular complexity index is 355. The number of carbonyl (C=O) groups excluding carboxylic acids is 3. The van der Waals surface area contributed by atoms with Crippen molar-refractivity contribution < 1.29 is 32.5 Å². The topological polar surface area (TPSA) is 96.0 Å². The maximum atomic E-state index is 11.7. The van der Waals surface area contributed by atoms with E-state index in [1.54, 1.807) is 0 Å². The Hall–Kier alpha value is -1.25. The van der Waals surface area contributed by atoms with Crippen LogP contribution in [0.4, 0.5) is 0 Å². The van der Waals surface area contributed by atoms with E-state index in [2.05, 4.69) is 13.6 Å². The first-order valence-corrected chi connectivity index (χ1v) is 5.76. The second-order valence-corrected chi connectivity index (χ2v) is 3.97. The first-order valence-electron chi connectivity index (χ1n) is 4.30. The van der Waals surface area contributed by atoms with Crippen molar-refractivity contribution in [2.24, 2.45) is 0 Å². The predicted molar refractivity (Wildman–Crippen MR) is 63.5 cm³/mol. The molecule has 0 aromatic heterocycles. The van der Waals surface area contributed by atoms with Crippen molar-refractivity contribution in [2.45, 2.75) is 0 Å². The summed E-state index contributed by atoms with van der Waals surface area (Å²) in [5.41, 5.74) is 0. The number of halogens is 1. The van der Waals surface area contributed by atoms with Crippen LogP contribution in [0.15, 0.2) is 18.2 Å². The second-order valence-electron chi connectivity index (χ2n) is 2.30. The third-order valence-corrected chi connectivity index (χ3v) is 2.59. The fraction of sp³-hybridized carbons (Fsp3) is 0.333. The lowest BCUT2D eigenvalue weighted by molar-refractivity contribution is 0.141. The molecule has 0 aliphatic rings. The van der Waals surface area contributed by atoms with Gasteiger partial charge in [0.25, 0.3) is 0 Å². The minimum absolute atomic E-state index is 0. The second kappa shape index (κ2) is 12.2. The van der Waals surface area contributed by atoms with Gasteiger partial charge in [-0.05, 0) is 0 Å². The molecule has 0 heterocycles. The summed E-state index contributed by atoms with van der Waals surface area (Å²) >= 11 is 0. The fourth-order valence-corrected chi connectivity index (χ4v) is 1.59. The van der Waals surface area contributed by atoms with Crippen LogP contribution in [-0.4, -0.2) is 37.6 Å². The van der Waals surface area contributed by atoms with Crippen molar-refractivity contribution in [3.8, 4) is 0 Å². The molecule has 0 saturated heterocycles. The molecule has 0 N–H and O–H groups in total. The molecule has 0 aliphatic carbocycles. The van der Waals surface area contributed by atoms with E-state index in [4.69, 9.17) is 0 Å². The molecule has 18 heavy (non-hydrogen) atoms. The third kappa shape index (κ3) is 9.94. The van der Waals surface area contributed by atoms with Crippen molar-refractivity contribution in [1.29, 1.82) is 0 Å². The van der Waals surface area contributed by atoms with Crippen LogP contribution in [0.3, 0.4) is 0 Å². The van der Waals surface area contributed by atoms with E-state index in [0.717, 1.165) is 18.2 Å². The van der Waals surface area contributed by atoms with Crippen molar-refractivity contribution >= 4 is 38.1 Å². The van der Waals surface area contributed by atoms with Gasteiger partial charge < -0.3 is 0 Å². The minimum Gasteiger partial charge on any atom is -0.282 e. The first kappa shape index (κ1) is 19.1. The zero-order chi connectivity index (χ0) is 13.0. The molecule has 0 spiro atoms. The molecule has 0 radical (unpaired) electrons. The van der Waals surface area contributed by atoms with Crippen LogP contribution in [-0.2, 0) is 32.5 Å². The summed E-state index contributed by atoms with van der Waals surface area (Å²) in [6.07, 6.45) is 2.76. The van der Waals surface area contributed by atoms with Gasteiger partial charge in [0.1, 0.15) is 17.8 Å². The van der Waals surface area contributed by atoms with Crippen LogP contribution in [0.2, 0.25) is 0 Å². The van der Waals surface area contributed by atoms with Gasteiger partial charge in [-0.15, -0.1) is 12.4 Å². The quantitative estimate of drug-likeness (QED) is 0.457. The van der Waals surface area contributed by atoms with E-state index in [1.807, 2.05) is 0 Å². The number of phosphoric ester groups is 1. The smallest absolute Gasteiger partial charge is 0.282 e. The molecule has 0 rings (SSSR count). The van der Waals surface area contributed by atoms with Gasteiger partial charge in [0.2, 0.25) is 0 Å². The first-order chi connectivity index (χ1) is 8.18. The molecule has 0 bridgehead atoms. The number of rotatable bonds is 9. The Morgan fingerprint density at radius 1 is 0.778 bits per heavy atom. The van der Waals surface area contributed by atoms with Gasteiger partial charge in [0.05, 0.1) is 19.8 Å². The Kier molecular flexibility index (Phi) is 13.0. The highest BCUT2D eigenvalue weighted by molar-refractivity contribution is 7.48. The largest absolute Gasteiger partial charge is 0.475 e. The van der Waals surface area contributed by atoms with Crippen molar-refractivity contribution in [1.82, 2.24) is 0 Å². The molecular weight excluding hydrogens is 287 g/mol. The zero-order valence-corrected chi connectivity index (χ0v) is 10.8. The molecule has 0 atom stereocenters. The Labute approximate surface area is 109 Å². The summed E-state index contributed by atoms with van der Waals surface area (Å²) in [4.78, 5) is 29.6. The lowest BCUT2D eigenvalue weighted by atomic mass is 10.7. The predicted octanol–water partition coefficient (Wildman–Crippen LogP) is 0.729. The minimum atomic E-state index is -3.94. The molecule has 0 unspecified atom stereocenters. The average molecular weight is 297 g/mol. The number of hydrogen-bond acceptors (Lipinski definition) is 7. The Morgan fingerprint density at radius 3 is 1.28 bits per heavy atom. The van der Waals surface area contributed by atoms with Crippen molar-refractivity contribution in [2.75, 3.05) is 19.8 Å². The van der Waals surface area contributed by atoms with Gasteiger partial charge in [-0.3, -0.25) is 13.6 Å². The van der Waals surface area contributed by atoms with E-state index >= 15 is 0 Å². The maximum absolute atomic E-state index is 11.7. The molecule has 0 aromatic rings. The van der Waals surface area contributed by atoms with Crippen LogP contribution in [0.1, 0.15) is 0 Å². The molecule has 7 nitrogen and oxygen atoms in total. The molecule has 0 fully saturated rings. The van der Waals surface area contributed by atoms with Gasteiger partial charge in [0, 0.05) is 18.2 Å². The Morgan fingerprint density at radius 2 is 1.06 bits per heavy atom. The van der Waals surface area contributed by atoms with Gasteiger partial charge in [-0.2, -0.15) is 0 Å². The van der Waals surface area contributed by atoms with Gasteiger partial charge in [-0.1, -0.05) is 0 Å². The van der Waals surface area contributed by atoms with Gasteiger partial charge in [-0.25, -0.2) is 18.9 Å². The van der Waals surface area contributed by atoms with Crippen LogP contribution < -0.4 is 0 Å². The summed E-state index contributed by atoms with van der Waals surface area (Å²) in [7, 11) is -3.94. The summed E-state index contributed by atoms with van der Waals surface area (Å²) in [6.45, 7) is -1.01. The lowest BCUT2D eigenvalue weighted by Crippen LogP contribution is -2.01. The van der Waals surface area contributed by atoms with Crippen molar-refractivity contribution in [3.05, 3.63) is 18.2 Å². The molecule has 0 saturated carbocycles. The van der Waals surface area contributed by atoms with E-state index in [1.165, 1.54) is 17.8 Å². The summed E-state index contributed by atoms with van der Waals surface area (Å²) in [6, 6.07) is 0. The highest BCUT2D eigenvalue weighted by Gasteiger charge is 2.25. The highest BCUT2D eigenvalue weighted by Crippen LogP contribution is 2.49. The monoisotopic (exact) mass is 296 g/mol. The van der Waals surface area contributed by atoms with Crippen LogP contribution in [0.5, 0.6) is 0 Å². The molecule has 0 aliphatic heterocycles. The van der Waals surface area contributed by atoms with Crippen molar-refractivity contribution in [3.63, 3.8) is 0 Å². The molecule has 0 amide bonds. The van der Waals surface area contributed by atoms with E-state index in [9.17, 15) is 18.9 Å². The number of hydrogen-bond donors (Lipinski definition) is 0. The van der Waals surface area contributed by atoms with Gasteiger partial charge in [0.15, 0.2) is 0 Å². The third-order valence-electron chi connectivity index (χ3n) is 1.20. The van der Waals surface area contributed by atoms with E-state index < -0.39 is 7.82 Å². The van der Waals surface area contributed by atoms with Crippen LogP contribution >= 0.6 is 20.2 Å². The summed E-state index contributed by atoms with van der Waals surface area (Å²) in [5, 5.41) is 0. The molecule has 9 heteroatoms. The highest BCUT2D eigenvalue weighted by atomic mass is 35.5. The zero-order valence-electron chi connectivity index (χ0n) is 9.07. The number of phosphoric acid groups is 1. The average Bonchev–Trinajstić information content (AvgIpc) is 2.30. The fourth-order valence-electron chi connectivity index (χ4n) is 0.600. The summed E-state index contributed by atoms with van der Waals surface area (Å²) in [5.74, 6) is 4.21. The van der Waals surface area contributed by atoms with Crippen LogP contribution in [0.25, 0.3) is 0 Å². The molecule has 100 valence electrons. The summed E-state index contributed by atoms with van der Waals surface area (Å²) < 4.78 is 25.7. The van der Waals surface area contributed by atoms with E-state index in [0.29, 0.717) is 0 Å². The normalized spacial score (nSPS) is 11.8. The van der Waals surface area contributed by atoms with Gasteiger partial charge >= 0.3 is 7.82 Å². The van der Waals surface area contributed by atoms with E-state index in [-0.39, 0.29) is 32.2 Å². The molecular formula is C9H10ClO7P.